The summed E-state index contributed by atoms with van der Waals surface area (Å²) in [5.41, 5.74) is 1.80. The first-order valence-electron chi connectivity index (χ1n) is 4.58. The van der Waals surface area contributed by atoms with E-state index in [1.807, 2.05) is 13.8 Å². The Kier molecular flexibility index (Phi) is 3.00. The number of nitrogens with one attached hydrogen (secondary N) is 1. The average molecular weight is 214 g/mol. The molecule has 0 aliphatic rings. The van der Waals surface area contributed by atoms with E-state index in [2.05, 4.69) is 36.1 Å². The molecular weight excluding hydrogens is 198 g/mol. The summed E-state index contributed by atoms with van der Waals surface area (Å²) in [7, 11) is 0. The van der Waals surface area contributed by atoms with Gasteiger partial charge in [-0.3, -0.25) is 0 Å². The number of halogens is 1. The molecule has 0 spiro atoms. The summed E-state index contributed by atoms with van der Waals surface area (Å²) in [6, 6.07) is 0. The molecule has 0 radical (unpaired) electrons. The second-order valence-electron chi connectivity index (χ2n) is 4.42. The SMILES string of the molecule is Cc1nc(NC(C)(C)C)nc(Cl)c1C. The lowest BCUT2D eigenvalue weighted by molar-refractivity contribution is 0.625. The van der Waals surface area contributed by atoms with Gasteiger partial charge in [0.05, 0.1) is 0 Å². The van der Waals surface area contributed by atoms with E-state index in [0.717, 1.165) is 11.3 Å². The maximum Gasteiger partial charge on any atom is 0.224 e. The summed E-state index contributed by atoms with van der Waals surface area (Å²) in [4.78, 5) is 8.47. The monoisotopic (exact) mass is 213 g/mol. The second-order valence-corrected chi connectivity index (χ2v) is 4.78. The first kappa shape index (κ1) is 11.2. The molecular formula is C10H16ClN3. The van der Waals surface area contributed by atoms with E-state index in [1.54, 1.807) is 0 Å². The minimum atomic E-state index is -0.0506. The van der Waals surface area contributed by atoms with E-state index in [0.29, 0.717) is 11.1 Å². The fourth-order valence-corrected chi connectivity index (χ4v) is 1.20. The van der Waals surface area contributed by atoms with Gasteiger partial charge in [-0.15, -0.1) is 0 Å². The van der Waals surface area contributed by atoms with Crippen molar-refractivity contribution in [2.45, 2.75) is 40.2 Å². The largest absolute Gasteiger partial charge is 0.350 e. The van der Waals surface area contributed by atoms with E-state index in [9.17, 15) is 0 Å². The van der Waals surface area contributed by atoms with Crippen LogP contribution in [0.2, 0.25) is 5.15 Å². The van der Waals surface area contributed by atoms with Crippen LogP contribution >= 0.6 is 11.6 Å². The molecule has 0 aromatic carbocycles. The Morgan fingerprint density at radius 3 is 2.14 bits per heavy atom. The van der Waals surface area contributed by atoms with Crippen LogP contribution in [0.5, 0.6) is 0 Å². The third-order valence-corrected chi connectivity index (χ3v) is 2.18. The highest BCUT2D eigenvalue weighted by atomic mass is 35.5. The van der Waals surface area contributed by atoms with Crippen molar-refractivity contribution in [2.75, 3.05) is 5.32 Å². The molecule has 4 heteroatoms. The normalized spacial score (nSPS) is 11.6. The van der Waals surface area contributed by atoms with Gasteiger partial charge in [0, 0.05) is 16.8 Å². The Hall–Kier alpha value is -0.830. The number of aromatic nitrogens is 2. The molecule has 3 nitrogen and oxygen atoms in total. The highest BCUT2D eigenvalue weighted by Gasteiger charge is 2.13. The van der Waals surface area contributed by atoms with Crippen LogP contribution in [0, 0.1) is 13.8 Å². The van der Waals surface area contributed by atoms with Gasteiger partial charge in [-0.05, 0) is 34.6 Å². The number of nitrogens with zero attached hydrogens (tertiary/aromatic N) is 2. The Bertz CT molecular complexity index is 319. The molecule has 0 saturated heterocycles. The maximum atomic E-state index is 5.96. The number of anilines is 1. The summed E-state index contributed by atoms with van der Waals surface area (Å²) < 4.78 is 0. The van der Waals surface area contributed by atoms with Gasteiger partial charge in [-0.2, -0.15) is 0 Å². The lowest BCUT2D eigenvalue weighted by Gasteiger charge is -2.20. The van der Waals surface area contributed by atoms with Crippen LogP contribution in [0.15, 0.2) is 0 Å². The van der Waals surface area contributed by atoms with Crippen LogP contribution < -0.4 is 5.32 Å². The highest BCUT2D eigenvalue weighted by Crippen LogP contribution is 2.18. The summed E-state index contributed by atoms with van der Waals surface area (Å²) in [6.07, 6.45) is 0. The zero-order valence-corrected chi connectivity index (χ0v) is 10.0. The number of hydrogen-bond donors (Lipinski definition) is 1. The van der Waals surface area contributed by atoms with Gasteiger partial charge in [0.15, 0.2) is 0 Å². The smallest absolute Gasteiger partial charge is 0.224 e. The van der Waals surface area contributed by atoms with Gasteiger partial charge in [0.2, 0.25) is 5.95 Å². The predicted octanol–water partition coefficient (Wildman–Crippen LogP) is 2.96. The predicted molar refractivity (Wildman–Crippen MR) is 59.9 cm³/mol. The third-order valence-electron chi connectivity index (χ3n) is 1.82. The van der Waals surface area contributed by atoms with Crippen molar-refractivity contribution in [1.29, 1.82) is 0 Å². The van der Waals surface area contributed by atoms with E-state index in [4.69, 9.17) is 11.6 Å². The highest BCUT2D eigenvalue weighted by molar-refractivity contribution is 6.30. The van der Waals surface area contributed by atoms with Crippen LogP contribution in [0.4, 0.5) is 5.95 Å². The molecule has 1 rings (SSSR count). The lowest BCUT2D eigenvalue weighted by Crippen LogP contribution is -2.27. The van der Waals surface area contributed by atoms with Gasteiger partial charge < -0.3 is 5.32 Å². The minimum absolute atomic E-state index is 0.0506. The molecule has 1 aromatic heterocycles. The number of rotatable bonds is 1. The van der Waals surface area contributed by atoms with Gasteiger partial charge in [-0.1, -0.05) is 11.6 Å². The molecule has 78 valence electrons. The van der Waals surface area contributed by atoms with E-state index < -0.39 is 0 Å². The van der Waals surface area contributed by atoms with Crippen LogP contribution in [-0.2, 0) is 0 Å². The Morgan fingerprint density at radius 2 is 1.71 bits per heavy atom. The van der Waals surface area contributed by atoms with Crippen molar-refractivity contribution >= 4 is 17.5 Å². The quantitative estimate of drug-likeness (QED) is 0.729. The molecule has 0 saturated carbocycles. The Labute approximate surface area is 89.9 Å². The molecule has 0 atom stereocenters. The van der Waals surface area contributed by atoms with Crippen molar-refractivity contribution in [3.8, 4) is 0 Å². The average Bonchev–Trinajstić information content (AvgIpc) is 1.96. The molecule has 1 aromatic rings. The fourth-order valence-electron chi connectivity index (χ4n) is 0.985. The summed E-state index contributed by atoms with van der Waals surface area (Å²) >= 11 is 5.96. The van der Waals surface area contributed by atoms with Crippen molar-refractivity contribution in [3.05, 3.63) is 16.4 Å². The maximum absolute atomic E-state index is 5.96. The zero-order valence-electron chi connectivity index (χ0n) is 9.27. The molecule has 1 N–H and O–H groups in total. The molecule has 0 aliphatic carbocycles. The second kappa shape index (κ2) is 3.73. The third kappa shape index (κ3) is 2.84. The van der Waals surface area contributed by atoms with Crippen LogP contribution in [-0.4, -0.2) is 15.5 Å². The van der Waals surface area contributed by atoms with Crippen LogP contribution in [0.3, 0.4) is 0 Å². The molecule has 0 amide bonds. The van der Waals surface area contributed by atoms with Crippen molar-refractivity contribution in [1.82, 2.24) is 9.97 Å². The van der Waals surface area contributed by atoms with Gasteiger partial charge in [0.1, 0.15) is 5.15 Å². The zero-order chi connectivity index (χ0) is 10.9. The van der Waals surface area contributed by atoms with E-state index in [-0.39, 0.29) is 5.54 Å². The minimum Gasteiger partial charge on any atom is -0.350 e. The molecule has 1 heterocycles. The molecule has 0 unspecified atom stereocenters. The van der Waals surface area contributed by atoms with Crippen molar-refractivity contribution in [2.24, 2.45) is 0 Å². The molecule has 14 heavy (non-hydrogen) atoms. The topological polar surface area (TPSA) is 37.8 Å². The summed E-state index contributed by atoms with van der Waals surface area (Å²) in [5, 5.41) is 3.70. The first-order valence-corrected chi connectivity index (χ1v) is 4.96. The summed E-state index contributed by atoms with van der Waals surface area (Å²) in [6.45, 7) is 10.0. The standard InChI is InChI=1S/C10H16ClN3/c1-6-7(2)12-9(13-8(6)11)14-10(3,4)5/h1-5H3,(H,12,13,14). The molecule has 0 bridgehead atoms. The first-order chi connectivity index (χ1) is 6.29. The lowest BCUT2D eigenvalue weighted by atomic mass is 10.1. The molecule has 0 aliphatic heterocycles. The number of hydrogen-bond acceptors (Lipinski definition) is 3. The van der Waals surface area contributed by atoms with Gasteiger partial charge >= 0.3 is 0 Å². The molecule has 0 fully saturated rings. The Morgan fingerprint density at radius 1 is 1.14 bits per heavy atom. The van der Waals surface area contributed by atoms with Crippen LogP contribution in [0.1, 0.15) is 32.0 Å². The fraction of sp³-hybridized carbons (Fsp3) is 0.600. The van der Waals surface area contributed by atoms with Crippen molar-refractivity contribution < 1.29 is 0 Å². The van der Waals surface area contributed by atoms with Crippen LogP contribution in [0.25, 0.3) is 0 Å². The number of aryl methyl sites for hydroxylation is 1. The van der Waals surface area contributed by atoms with Gasteiger partial charge in [0.25, 0.3) is 0 Å². The van der Waals surface area contributed by atoms with Gasteiger partial charge in [-0.25, -0.2) is 9.97 Å². The van der Waals surface area contributed by atoms with E-state index in [1.165, 1.54) is 0 Å². The van der Waals surface area contributed by atoms with Crippen molar-refractivity contribution in [3.63, 3.8) is 0 Å². The Balaban J connectivity index is 3.02. The van der Waals surface area contributed by atoms with E-state index >= 15 is 0 Å². The summed E-state index contributed by atoms with van der Waals surface area (Å²) in [5.74, 6) is 0.589.